The Bertz CT molecular complexity index is 619. The van der Waals surface area contributed by atoms with E-state index in [9.17, 15) is 0 Å². The van der Waals surface area contributed by atoms with Gasteiger partial charge in [-0.25, -0.2) is 0 Å². The Labute approximate surface area is 118 Å². The molecule has 106 valence electrons. The molecule has 1 aliphatic carbocycles. The van der Waals surface area contributed by atoms with Crippen LogP contribution in [0.25, 0.3) is 11.1 Å². The maximum Gasteiger partial charge on any atom is 0.298 e. The standard InChI is InChI=1S/C16H21N3O/c17-12-7-8-15-13(10-12)18-16(20-15)19-9-3-5-11-4-1-2-6-14(11)19/h7-8,10-11,14H,1-6,9,17H2. The van der Waals surface area contributed by atoms with E-state index in [1.165, 1.54) is 38.5 Å². The minimum Gasteiger partial charge on any atom is -0.423 e. The van der Waals surface area contributed by atoms with Crippen molar-refractivity contribution in [2.24, 2.45) is 5.92 Å². The minimum atomic E-state index is 0.628. The zero-order valence-electron chi connectivity index (χ0n) is 11.7. The summed E-state index contributed by atoms with van der Waals surface area (Å²) in [5.41, 5.74) is 8.28. The van der Waals surface area contributed by atoms with E-state index in [1.807, 2.05) is 18.2 Å². The summed E-state index contributed by atoms with van der Waals surface area (Å²) in [6.07, 6.45) is 8.00. The number of rotatable bonds is 1. The monoisotopic (exact) mass is 271 g/mol. The first-order valence-electron chi connectivity index (χ1n) is 7.74. The van der Waals surface area contributed by atoms with Crippen LogP contribution in [0, 0.1) is 5.92 Å². The molecule has 2 heterocycles. The third-order valence-corrected chi connectivity index (χ3v) is 4.89. The molecule has 1 saturated heterocycles. The van der Waals surface area contributed by atoms with Gasteiger partial charge in [0.15, 0.2) is 5.58 Å². The van der Waals surface area contributed by atoms with Crippen molar-refractivity contribution in [3.63, 3.8) is 0 Å². The summed E-state index contributed by atoms with van der Waals surface area (Å²) in [5, 5.41) is 0. The highest BCUT2D eigenvalue weighted by Crippen LogP contribution is 2.38. The zero-order chi connectivity index (χ0) is 13.5. The fourth-order valence-corrected chi connectivity index (χ4v) is 3.92. The zero-order valence-corrected chi connectivity index (χ0v) is 11.7. The Morgan fingerprint density at radius 3 is 2.95 bits per heavy atom. The van der Waals surface area contributed by atoms with Crippen LogP contribution in [0.5, 0.6) is 0 Å². The third-order valence-electron chi connectivity index (χ3n) is 4.89. The molecule has 0 radical (unpaired) electrons. The summed E-state index contributed by atoms with van der Waals surface area (Å²) in [5.74, 6) is 0.831. The van der Waals surface area contributed by atoms with Crippen LogP contribution in [0.3, 0.4) is 0 Å². The molecule has 2 aromatic rings. The smallest absolute Gasteiger partial charge is 0.298 e. The molecule has 1 aliphatic heterocycles. The molecule has 4 rings (SSSR count). The summed E-state index contributed by atoms with van der Waals surface area (Å²) in [7, 11) is 0. The van der Waals surface area contributed by atoms with Crippen LogP contribution in [0.2, 0.25) is 0 Å². The predicted octanol–water partition coefficient (Wildman–Crippen LogP) is 3.57. The Morgan fingerprint density at radius 2 is 2.00 bits per heavy atom. The number of anilines is 2. The van der Waals surface area contributed by atoms with E-state index in [0.717, 1.165) is 35.3 Å². The summed E-state index contributed by atoms with van der Waals surface area (Å²) in [6.45, 7) is 1.07. The van der Waals surface area contributed by atoms with Crippen molar-refractivity contribution in [1.29, 1.82) is 0 Å². The normalized spacial score (nSPS) is 26.7. The van der Waals surface area contributed by atoms with Gasteiger partial charge in [0.05, 0.1) is 0 Å². The second-order valence-electron chi connectivity index (χ2n) is 6.17. The molecule has 2 atom stereocenters. The van der Waals surface area contributed by atoms with E-state index in [-0.39, 0.29) is 0 Å². The Kier molecular flexibility index (Phi) is 2.83. The third kappa shape index (κ3) is 1.94. The van der Waals surface area contributed by atoms with Crippen molar-refractivity contribution in [3.05, 3.63) is 18.2 Å². The van der Waals surface area contributed by atoms with Crippen LogP contribution in [0.1, 0.15) is 38.5 Å². The fourth-order valence-electron chi connectivity index (χ4n) is 3.92. The van der Waals surface area contributed by atoms with Gasteiger partial charge >= 0.3 is 0 Å². The lowest BCUT2D eigenvalue weighted by Crippen LogP contribution is -2.47. The number of nitrogen functional groups attached to an aromatic ring is 1. The van der Waals surface area contributed by atoms with Crippen molar-refractivity contribution < 1.29 is 4.42 Å². The highest BCUT2D eigenvalue weighted by Gasteiger charge is 2.35. The van der Waals surface area contributed by atoms with E-state index in [4.69, 9.17) is 10.2 Å². The van der Waals surface area contributed by atoms with Gasteiger partial charge in [-0.3, -0.25) is 0 Å². The molecule has 1 aromatic carbocycles. The lowest BCUT2D eigenvalue weighted by atomic mass is 9.78. The highest BCUT2D eigenvalue weighted by molar-refractivity contribution is 5.78. The van der Waals surface area contributed by atoms with E-state index >= 15 is 0 Å². The van der Waals surface area contributed by atoms with Crippen LogP contribution >= 0.6 is 0 Å². The lowest BCUT2D eigenvalue weighted by Gasteiger charge is -2.43. The maximum atomic E-state index is 5.97. The number of benzene rings is 1. The van der Waals surface area contributed by atoms with E-state index in [0.29, 0.717) is 6.04 Å². The molecule has 1 saturated carbocycles. The summed E-state index contributed by atoms with van der Waals surface area (Å²) >= 11 is 0. The molecule has 2 fully saturated rings. The fraction of sp³-hybridized carbons (Fsp3) is 0.562. The molecule has 20 heavy (non-hydrogen) atoms. The maximum absolute atomic E-state index is 5.97. The molecule has 0 amide bonds. The number of aromatic nitrogens is 1. The molecule has 2 N–H and O–H groups in total. The van der Waals surface area contributed by atoms with Crippen LogP contribution in [-0.4, -0.2) is 17.6 Å². The van der Waals surface area contributed by atoms with Gasteiger partial charge in [0.2, 0.25) is 0 Å². The van der Waals surface area contributed by atoms with Crippen molar-refractivity contribution in [1.82, 2.24) is 4.98 Å². The first kappa shape index (κ1) is 12.1. The van der Waals surface area contributed by atoms with Crippen LogP contribution in [0.15, 0.2) is 22.6 Å². The first-order chi connectivity index (χ1) is 9.81. The summed E-state index contributed by atoms with van der Waals surface area (Å²) in [6, 6.07) is 7.11. The van der Waals surface area contributed by atoms with Crippen molar-refractivity contribution in [2.75, 3.05) is 17.2 Å². The number of nitrogens with zero attached hydrogens (tertiary/aromatic N) is 2. The number of oxazole rings is 1. The average Bonchev–Trinajstić information content (AvgIpc) is 2.89. The van der Waals surface area contributed by atoms with Gasteiger partial charge in [-0.05, 0) is 49.8 Å². The van der Waals surface area contributed by atoms with Crippen LogP contribution in [-0.2, 0) is 0 Å². The first-order valence-corrected chi connectivity index (χ1v) is 7.74. The molecule has 4 heteroatoms. The van der Waals surface area contributed by atoms with Gasteiger partial charge in [0.1, 0.15) is 5.52 Å². The average molecular weight is 271 g/mol. The SMILES string of the molecule is Nc1ccc2oc(N3CCCC4CCCCC43)nc2c1. The summed E-state index contributed by atoms with van der Waals surface area (Å²) < 4.78 is 5.97. The number of nitrogens with two attached hydrogens (primary N) is 1. The van der Waals surface area contributed by atoms with E-state index in [1.54, 1.807) is 0 Å². The highest BCUT2D eigenvalue weighted by atomic mass is 16.4. The van der Waals surface area contributed by atoms with Crippen LogP contribution in [0.4, 0.5) is 11.7 Å². The molecular formula is C16H21N3O. The lowest BCUT2D eigenvalue weighted by molar-refractivity contribution is 0.235. The minimum absolute atomic E-state index is 0.628. The van der Waals surface area contributed by atoms with Crippen molar-refractivity contribution >= 4 is 22.8 Å². The van der Waals surface area contributed by atoms with Gasteiger partial charge in [-0.15, -0.1) is 0 Å². The van der Waals surface area contributed by atoms with Crippen molar-refractivity contribution in [3.8, 4) is 0 Å². The van der Waals surface area contributed by atoms with Crippen LogP contribution < -0.4 is 10.6 Å². The van der Waals surface area contributed by atoms with Gasteiger partial charge in [0.25, 0.3) is 6.01 Å². The van der Waals surface area contributed by atoms with Crippen molar-refractivity contribution in [2.45, 2.75) is 44.6 Å². The Balaban J connectivity index is 1.69. The summed E-state index contributed by atoms with van der Waals surface area (Å²) in [4.78, 5) is 7.07. The molecular weight excluding hydrogens is 250 g/mol. The largest absolute Gasteiger partial charge is 0.423 e. The Morgan fingerprint density at radius 1 is 1.15 bits per heavy atom. The van der Waals surface area contributed by atoms with Gasteiger partial charge in [0, 0.05) is 18.3 Å². The molecule has 4 nitrogen and oxygen atoms in total. The molecule has 1 aromatic heterocycles. The number of hydrogen-bond acceptors (Lipinski definition) is 4. The molecule has 0 spiro atoms. The van der Waals surface area contributed by atoms with Gasteiger partial charge in [-0.2, -0.15) is 4.98 Å². The molecule has 2 unspecified atom stereocenters. The predicted molar refractivity (Wildman–Crippen MR) is 80.7 cm³/mol. The topological polar surface area (TPSA) is 55.3 Å². The number of fused-ring (bicyclic) bond motifs is 2. The van der Waals surface area contributed by atoms with Gasteiger partial charge in [-0.1, -0.05) is 12.8 Å². The van der Waals surface area contributed by atoms with E-state index < -0.39 is 0 Å². The Hall–Kier alpha value is -1.71. The van der Waals surface area contributed by atoms with E-state index in [2.05, 4.69) is 9.88 Å². The van der Waals surface area contributed by atoms with Gasteiger partial charge < -0.3 is 15.1 Å². The quantitative estimate of drug-likeness (QED) is 0.806. The molecule has 2 aliphatic rings. The number of piperidine rings is 1. The molecule has 0 bridgehead atoms. The second-order valence-corrected chi connectivity index (χ2v) is 6.17. The second kappa shape index (κ2) is 4.69. The number of hydrogen-bond donors (Lipinski definition) is 1.